The average Bonchev–Trinajstić information content (AvgIpc) is 2.98. The van der Waals surface area contributed by atoms with E-state index in [4.69, 9.17) is 16.0 Å². The SMILES string of the molecule is CN1CCOC(c2ccccc2)c2cc(Br)ccc2C1.[C-]#[N+]c1ccc2c(c1)C(c1ccccc1)OCCN(C)C2. The fraction of sp³-hybridized carbons (Fsp3) is 0.286. The van der Waals surface area contributed by atoms with Gasteiger partial charge in [0.05, 0.1) is 19.8 Å². The molecule has 2 unspecified atom stereocenters. The van der Waals surface area contributed by atoms with Crippen LogP contribution in [-0.2, 0) is 22.6 Å². The first-order chi connectivity index (χ1) is 20.0. The van der Waals surface area contributed by atoms with Crippen LogP contribution in [-0.4, -0.2) is 50.2 Å². The molecule has 210 valence electrons. The number of benzene rings is 4. The van der Waals surface area contributed by atoms with Crippen molar-refractivity contribution in [3.05, 3.63) is 146 Å². The van der Waals surface area contributed by atoms with Gasteiger partial charge in [0.15, 0.2) is 5.69 Å². The van der Waals surface area contributed by atoms with Gasteiger partial charge in [0.1, 0.15) is 12.2 Å². The van der Waals surface area contributed by atoms with Crippen molar-refractivity contribution in [2.75, 3.05) is 40.4 Å². The van der Waals surface area contributed by atoms with Crippen LogP contribution >= 0.6 is 15.9 Å². The Morgan fingerprint density at radius 2 is 1.17 bits per heavy atom. The quantitative estimate of drug-likeness (QED) is 0.217. The maximum Gasteiger partial charge on any atom is 0.187 e. The second kappa shape index (κ2) is 14.0. The first kappa shape index (κ1) is 29.2. The highest BCUT2D eigenvalue weighted by Gasteiger charge is 2.23. The maximum atomic E-state index is 7.24. The lowest BCUT2D eigenvalue weighted by Crippen LogP contribution is -2.27. The van der Waals surface area contributed by atoms with Crippen LogP contribution in [0.1, 0.15) is 45.6 Å². The van der Waals surface area contributed by atoms with Gasteiger partial charge >= 0.3 is 0 Å². The van der Waals surface area contributed by atoms with Crippen molar-refractivity contribution in [3.8, 4) is 0 Å². The van der Waals surface area contributed by atoms with E-state index in [0.717, 1.165) is 48.4 Å². The summed E-state index contributed by atoms with van der Waals surface area (Å²) < 4.78 is 13.4. The molecule has 0 aromatic heterocycles. The first-order valence-corrected chi connectivity index (χ1v) is 14.8. The summed E-state index contributed by atoms with van der Waals surface area (Å²) in [7, 11) is 4.23. The molecule has 0 N–H and O–H groups in total. The monoisotopic (exact) mass is 609 g/mol. The van der Waals surface area contributed by atoms with E-state index < -0.39 is 0 Å². The van der Waals surface area contributed by atoms with Gasteiger partial charge in [0.2, 0.25) is 0 Å². The van der Waals surface area contributed by atoms with E-state index in [1.54, 1.807) is 0 Å². The molecule has 2 heterocycles. The summed E-state index contributed by atoms with van der Waals surface area (Å²) in [5, 5.41) is 0. The largest absolute Gasteiger partial charge is 0.368 e. The molecule has 2 atom stereocenters. The summed E-state index contributed by atoms with van der Waals surface area (Å²) in [5.74, 6) is 0. The van der Waals surface area contributed by atoms with E-state index in [2.05, 4.69) is 105 Å². The zero-order valence-corrected chi connectivity index (χ0v) is 25.3. The van der Waals surface area contributed by atoms with Crippen LogP contribution in [0.25, 0.3) is 4.85 Å². The fourth-order valence-electron chi connectivity index (χ4n) is 5.37. The highest BCUT2D eigenvalue weighted by Crippen LogP contribution is 2.34. The lowest BCUT2D eigenvalue weighted by atomic mass is 9.95. The molecule has 2 aliphatic heterocycles. The molecule has 4 aromatic rings. The van der Waals surface area contributed by atoms with Crippen molar-refractivity contribution in [3.63, 3.8) is 0 Å². The topological polar surface area (TPSA) is 29.3 Å². The summed E-state index contributed by atoms with van der Waals surface area (Å²) in [6.07, 6.45) is -0.0611. The second-order valence-electron chi connectivity index (χ2n) is 10.6. The molecule has 0 bridgehead atoms. The molecule has 0 aliphatic carbocycles. The van der Waals surface area contributed by atoms with Gasteiger partial charge < -0.3 is 9.47 Å². The Kier molecular flexibility index (Phi) is 10.00. The van der Waals surface area contributed by atoms with Crippen molar-refractivity contribution in [2.45, 2.75) is 25.3 Å². The van der Waals surface area contributed by atoms with Crippen LogP contribution < -0.4 is 0 Å². The van der Waals surface area contributed by atoms with Crippen LogP contribution in [0, 0.1) is 6.57 Å². The Morgan fingerprint density at radius 3 is 1.68 bits per heavy atom. The zero-order valence-electron chi connectivity index (χ0n) is 23.7. The minimum atomic E-state index is -0.0865. The van der Waals surface area contributed by atoms with Gasteiger partial charge in [-0.1, -0.05) is 101 Å². The predicted molar refractivity (Wildman–Crippen MR) is 168 cm³/mol. The molecule has 0 amide bonds. The number of rotatable bonds is 2. The molecule has 2 aliphatic rings. The van der Waals surface area contributed by atoms with Gasteiger partial charge in [-0.15, -0.1) is 0 Å². The highest BCUT2D eigenvalue weighted by molar-refractivity contribution is 9.10. The molecule has 5 nitrogen and oxygen atoms in total. The van der Waals surface area contributed by atoms with Gasteiger partial charge in [0.25, 0.3) is 0 Å². The minimum absolute atomic E-state index is 0.0254. The smallest absolute Gasteiger partial charge is 0.187 e. The van der Waals surface area contributed by atoms with E-state index in [0.29, 0.717) is 12.3 Å². The van der Waals surface area contributed by atoms with E-state index in [1.807, 2.05) is 36.4 Å². The number of likely N-dealkylation sites (N-methyl/N-ethyl adjacent to an activating group) is 2. The number of halogens is 1. The molecule has 6 rings (SSSR count). The summed E-state index contributed by atoms with van der Waals surface area (Å²) in [4.78, 5) is 8.11. The van der Waals surface area contributed by atoms with Gasteiger partial charge in [-0.25, -0.2) is 4.85 Å². The van der Waals surface area contributed by atoms with Crippen LogP contribution in [0.3, 0.4) is 0 Å². The van der Waals surface area contributed by atoms with E-state index in [1.165, 1.54) is 22.3 Å². The summed E-state index contributed by atoms with van der Waals surface area (Å²) >= 11 is 3.58. The highest BCUT2D eigenvalue weighted by atomic mass is 79.9. The van der Waals surface area contributed by atoms with E-state index >= 15 is 0 Å². The zero-order chi connectivity index (χ0) is 28.6. The maximum absolute atomic E-state index is 7.24. The second-order valence-corrected chi connectivity index (χ2v) is 11.6. The summed E-state index contributed by atoms with van der Waals surface area (Å²) in [6.45, 7) is 12.4. The van der Waals surface area contributed by atoms with Crippen molar-refractivity contribution in [1.82, 2.24) is 9.80 Å². The average molecular weight is 611 g/mol. The van der Waals surface area contributed by atoms with Crippen LogP contribution in [0.4, 0.5) is 5.69 Å². The number of hydrogen-bond acceptors (Lipinski definition) is 4. The Labute approximate surface area is 252 Å². The van der Waals surface area contributed by atoms with Gasteiger partial charge in [-0.3, -0.25) is 9.80 Å². The number of ether oxygens (including phenoxy) is 2. The van der Waals surface area contributed by atoms with Crippen molar-refractivity contribution in [2.24, 2.45) is 0 Å². The lowest BCUT2D eigenvalue weighted by Gasteiger charge is -2.28. The van der Waals surface area contributed by atoms with Crippen LogP contribution in [0.15, 0.2) is 102 Å². The van der Waals surface area contributed by atoms with Gasteiger partial charge in [-0.05, 0) is 59.6 Å². The molecule has 0 radical (unpaired) electrons. The van der Waals surface area contributed by atoms with E-state index in [-0.39, 0.29) is 12.2 Å². The fourth-order valence-corrected chi connectivity index (χ4v) is 5.75. The molecule has 0 spiro atoms. The summed E-state index contributed by atoms with van der Waals surface area (Å²) in [5.41, 5.74) is 7.98. The van der Waals surface area contributed by atoms with Crippen molar-refractivity contribution >= 4 is 21.6 Å². The van der Waals surface area contributed by atoms with E-state index in [9.17, 15) is 0 Å². The third-order valence-corrected chi connectivity index (χ3v) is 8.02. The number of fused-ring (bicyclic) bond motifs is 2. The standard InChI is InChI=1S/C18H18N2O.C17H18BrNO/c1-19-16-9-8-15-13-20(2)10-11-21-18(17(15)12-16)14-6-4-3-5-7-14;1-19-9-10-20-17(13-5-3-2-4-6-13)16-11-15(18)8-7-14(16)12-19/h3-9,12,18H,10-11,13H2,2H3;2-8,11,17H,9-10,12H2,1H3. The molecule has 0 saturated carbocycles. The Hall–Kier alpha value is -3.31. The minimum Gasteiger partial charge on any atom is -0.368 e. The van der Waals surface area contributed by atoms with Gasteiger partial charge in [-0.2, -0.15) is 0 Å². The third-order valence-electron chi connectivity index (χ3n) is 7.53. The number of hydrogen-bond donors (Lipinski definition) is 0. The van der Waals surface area contributed by atoms with Gasteiger partial charge in [0, 0.05) is 30.7 Å². The molecular formula is C35H36BrN3O2. The molecule has 0 saturated heterocycles. The Balaban J connectivity index is 0.000000165. The predicted octanol–water partition coefficient (Wildman–Crippen LogP) is 7.79. The Bertz CT molecular complexity index is 1470. The first-order valence-electron chi connectivity index (χ1n) is 14.0. The van der Waals surface area contributed by atoms with Crippen LogP contribution in [0.5, 0.6) is 0 Å². The molecule has 4 aromatic carbocycles. The summed E-state index contributed by atoms with van der Waals surface area (Å²) in [6, 6.07) is 33.1. The van der Waals surface area contributed by atoms with Crippen molar-refractivity contribution < 1.29 is 9.47 Å². The number of nitrogens with zero attached hydrogens (tertiary/aromatic N) is 3. The lowest BCUT2D eigenvalue weighted by molar-refractivity contribution is 0.0553. The molecule has 0 fully saturated rings. The van der Waals surface area contributed by atoms with Crippen molar-refractivity contribution in [1.29, 1.82) is 0 Å². The molecule has 6 heteroatoms. The Morgan fingerprint density at radius 1 is 0.683 bits per heavy atom. The normalized spacial score (nSPS) is 19.6. The molecular weight excluding hydrogens is 574 g/mol. The third kappa shape index (κ3) is 7.51. The molecule has 41 heavy (non-hydrogen) atoms. The van der Waals surface area contributed by atoms with Crippen LogP contribution in [0.2, 0.25) is 0 Å².